The zero-order chi connectivity index (χ0) is 18.2. The van der Waals surface area contributed by atoms with Crippen LogP contribution < -0.4 is 9.47 Å². The third-order valence-electron chi connectivity index (χ3n) is 5.44. The molecule has 6 heteroatoms. The van der Waals surface area contributed by atoms with Crippen LogP contribution in [0.5, 0.6) is 11.5 Å². The lowest BCUT2D eigenvalue weighted by Crippen LogP contribution is -2.45. The molecule has 0 aliphatic carbocycles. The maximum atomic E-state index is 13.7. The van der Waals surface area contributed by atoms with Crippen LogP contribution in [0.15, 0.2) is 48.8 Å². The quantitative estimate of drug-likeness (QED) is 0.708. The van der Waals surface area contributed by atoms with Gasteiger partial charge >= 0.3 is 0 Å². The second-order valence-electron chi connectivity index (χ2n) is 7.34. The predicted octanol–water partition coefficient (Wildman–Crippen LogP) is 3.65. The van der Waals surface area contributed by atoms with Crippen molar-refractivity contribution in [1.82, 2.24) is 14.5 Å². The monoisotopic (exact) mass is 367 g/mol. The van der Waals surface area contributed by atoms with Crippen LogP contribution >= 0.6 is 0 Å². The van der Waals surface area contributed by atoms with Crippen molar-refractivity contribution in [3.05, 3.63) is 54.6 Å². The summed E-state index contributed by atoms with van der Waals surface area (Å²) in [4.78, 5) is 6.85. The molecule has 0 saturated carbocycles. The number of aromatic nitrogens is 2. The molecule has 1 aromatic heterocycles. The maximum absolute atomic E-state index is 13.7. The fourth-order valence-electron chi connectivity index (χ4n) is 4.16. The Labute approximate surface area is 157 Å². The molecule has 5 rings (SSSR count). The first-order valence-corrected chi connectivity index (χ1v) is 9.49. The van der Waals surface area contributed by atoms with Gasteiger partial charge in [0.05, 0.1) is 17.4 Å². The normalized spacial score (nSPS) is 22.9. The summed E-state index contributed by atoms with van der Waals surface area (Å²) in [5, 5.41) is 0. The third-order valence-corrected chi connectivity index (χ3v) is 5.44. The number of nitrogens with zero attached hydrogens (tertiary/aromatic N) is 3. The van der Waals surface area contributed by atoms with Crippen LogP contribution in [0.1, 0.15) is 18.9 Å². The number of rotatable bonds is 3. The molecule has 3 heterocycles. The average Bonchev–Trinajstić information content (AvgIpc) is 3.11. The van der Waals surface area contributed by atoms with Crippen molar-refractivity contribution in [3.8, 4) is 11.5 Å². The van der Waals surface area contributed by atoms with E-state index < -0.39 is 0 Å². The second-order valence-corrected chi connectivity index (χ2v) is 7.34. The molecule has 0 radical (unpaired) electrons. The summed E-state index contributed by atoms with van der Waals surface area (Å²) in [6.45, 7) is 3.34. The first-order chi connectivity index (χ1) is 13.3. The molecule has 2 aromatic carbocycles. The van der Waals surface area contributed by atoms with Gasteiger partial charge in [0.25, 0.3) is 0 Å². The predicted molar refractivity (Wildman–Crippen MR) is 101 cm³/mol. The molecule has 0 spiro atoms. The molecule has 0 N–H and O–H groups in total. The Morgan fingerprint density at radius 2 is 2.04 bits per heavy atom. The summed E-state index contributed by atoms with van der Waals surface area (Å²) in [5.41, 5.74) is 1.71. The van der Waals surface area contributed by atoms with Gasteiger partial charge in [-0.2, -0.15) is 0 Å². The van der Waals surface area contributed by atoms with Gasteiger partial charge < -0.3 is 14.0 Å². The molecule has 1 saturated heterocycles. The SMILES string of the molecule is Fc1ccc2ncn(C3CCCN(CC4COc5ccccc5O4)C3)c2c1. The van der Waals surface area contributed by atoms with Crippen molar-refractivity contribution in [3.63, 3.8) is 0 Å². The van der Waals surface area contributed by atoms with E-state index in [0.717, 1.165) is 55.0 Å². The van der Waals surface area contributed by atoms with Crippen LogP contribution in [0.4, 0.5) is 4.39 Å². The first-order valence-electron chi connectivity index (χ1n) is 9.49. The van der Waals surface area contributed by atoms with Crippen molar-refractivity contribution >= 4 is 11.0 Å². The van der Waals surface area contributed by atoms with Crippen molar-refractivity contribution in [2.75, 3.05) is 26.2 Å². The van der Waals surface area contributed by atoms with E-state index in [1.54, 1.807) is 12.1 Å². The van der Waals surface area contributed by atoms with Gasteiger partial charge in [0, 0.05) is 19.1 Å². The number of halogens is 1. The number of hydrogen-bond acceptors (Lipinski definition) is 4. The number of likely N-dealkylation sites (tertiary alicyclic amines) is 1. The van der Waals surface area contributed by atoms with Gasteiger partial charge in [-0.3, -0.25) is 4.90 Å². The third kappa shape index (κ3) is 3.25. The van der Waals surface area contributed by atoms with E-state index >= 15 is 0 Å². The number of fused-ring (bicyclic) bond motifs is 2. The molecule has 0 bridgehead atoms. The highest BCUT2D eigenvalue weighted by Crippen LogP contribution is 2.32. The zero-order valence-corrected chi connectivity index (χ0v) is 15.1. The highest BCUT2D eigenvalue weighted by Gasteiger charge is 2.27. The number of ether oxygens (including phenoxy) is 2. The van der Waals surface area contributed by atoms with E-state index in [1.165, 1.54) is 6.07 Å². The second kappa shape index (κ2) is 6.85. The largest absolute Gasteiger partial charge is 0.486 e. The first kappa shape index (κ1) is 16.6. The standard InChI is InChI=1S/C21H22FN3O2/c22-15-7-8-18-19(10-15)25(14-23-18)16-4-3-9-24(11-16)12-17-13-26-20-5-1-2-6-21(20)27-17/h1-2,5-8,10,14,16-17H,3-4,9,11-13H2. The summed E-state index contributed by atoms with van der Waals surface area (Å²) in [6, 6.07) is 12.9. The Kier molecular flexibility index (Phi) is 4.20. The summed E-state index contributed by atoms with van der Waals surface area (Å²) >= 11 is 0. The van der Waals surface area contributed by atoms with Crippen LogP contribution in [0.2, 0.25) is 0 Å². The highest BCUT2D eigenvalue weighted by atomic mass is 19.1. The van der Waals surface area contributed by atoms with Crippen molar-refractivity contribution < 1.29 is 13.9 Å². The van der Waals surface area contributed by atoms with E-state index in [4.69, 9.17) is 9.47 Å². The molecule has 2 atom stereocenters. The van der Waals surface area contributed by atoms with Gasteiger partial charge in [0.15, 0.2) is 11.5 Å². The van der Waals surface area contributed by atoms with Crippen LogP contribution in [-0.4, -0.2) is 46.8 Å². The molecule has 0 amide bonds. The minimum atomic E-state index is -0.219. The maximum Gasteiger partial charge on any atom is 0.161 e. The molecular weight excluding hydrogens is 345 g/mol. The van der Waals surface area contributed by atoms with E-state index in [-0.39, 0.29) is 11.9 Å². The topological polar surface area (TPSA) is 39.5 Å². The molecule has 27 heavy (non-hydrogen) atoms. The molecule has 2 aliphatic heterocycles. The van der Waals surface area contributed by atoms with Gasteiger partial charge in [0.2, 0.25) is 0 Å². The fraction of sp³-hybridized carbons (Fsp3) is 0.381. The van der Waals surface area contributed by atoms with Crippen LogP contribution in [0.3, 0.4) is 0 Å². The van der Waals surface area contributed by atoms with E-state index in [9.17, 15) is 4.39 Å². The van der Waals surface area contributed by atoms with Crippen LogP contribution in [0.25, 0.3) is 11.0 Å². The minimum absolute atomic E-state index is 0.0237. The molecular formula is C21H22FN3O2. The highest BCUT2D eigenvalue weighted by molar-refractivity contribution is 5.75. The number of para-hydroxylation sites is 2. The summed E-state index contributed by atoms with van der Waals surface area (Å²) in [7, 11) is 0. The van der Waals surface area contributed by atoms with E-state index in [1.807, 2.05) is 30.6 Å². The number of hydrogen-bond donors (Lipinski definition) is 0. The van der Waals surface area contributed by atoms with Crippen molar-refractivity contribution in [2.24, 2.45) is 0 Å². The van der Waals surface area contributed by atoms with Crippen LogP contribution in [-0.2, 0) is 0 Å². The number of imidazole rings is 1. The molecule has 3 aromatic rings. The molecule has 2 unspecified atom stereocenters. The smallest absolute Gasteiger partial charge is 0.161 e. The summed E-state index contributed by atoms with van der Waals surface area (Å²) in [6.07, 6.45) is 4.04. The Bertz CT molecular complexity index is 958. The molecule has 140 valence electrons. The van der Waals surface area contributed by atoms with Gasteiger partial charge in [0.1, 0.15) is 18.5 Å². The summed E-state index contributed by atoms with van der Waals surface area (Å²) in [5.74, 6) is 1.42. The Balaban J connectivity index is 1.29. The van der Waals surface area contributed by atoms with Gasteiger partial charge in [-0.1, -0.05) is 12.1 Å². The lowest BCUT2D eigenvalue weighted by atomic mass is 10.0. The lowest BCUT2D eigenvalue weighted by molar-refractivity contribution is 0.0464. The Morgan fingerprint density at radius 3 is 2.96 bits per heavy atom. The van der Waals surface area contributed by atoms with Gasteiger partial charge in [-0.05, 0) is 49.7 Å². The average molecular weight is 367 g/mol. The van der Waals surface area contributed by atoms with Crippen LogP contribution in [0, 0.1) is 5.82 Å². The minimum Gasteiger partial charge on any atom is -0.486 e. The lowest BCUT2D eigenvalue weighted by Gasteiger charge is -2.36. The Morgan fingerprint density at radius 1 is 1.15 bits per heavy atom. The summed E-state index contributed by atoms with van der Waals surface area (Å²) < 4.78 is 27.8. The molecule has 2 aliphatic rings. The zero-order valence-electron chi connectivity index (χ0n) is 15.1. The van der Waals surface area contributed by atoms with Crippen molar-refractivity contribution in [1.29, 1.82) is 0 Å². The Hall–Kier alpha value is -2.60. The van der Waals surface area contributed by atoms with E-state index in [0.29, 0.717) is 12.6 Å². The molecule has 1 fully saturated rings. The van der Waals surface area contributed by atoms with Crippen molar-refractivity contribution in [2.45, 2.75) is 25.0 Å². The van der Waals surface area contributed by atoms with Gasteiger partial charge in [-0.25, -0.2) is 9.37 Å². The molecule has 5 nitrogen and oxygen atoms in total. The number of piperidine rings is 1. The number of benzene rings is 2. The fourth-order valence-corrected chi connectivity index (χ4v) is 4.16. The van der Waals surface area contributed by atoms with E-state index in [2.05, 4.69) is 14.5 Å². The van der Waals surface area contributed by atoms with Gasteiger partial charge in [-0.15, -0.1) is 0 Å².